The molecule has 0 fully saturated rings. The summed E-state index contributed by atoms with van der Waals surface area (Å²) in [7, 11) is 0. The first-order valence-corrected chi connectivity index (χ1v) is 3.63. The number of hydrogen-bond acceptors (Lipinski definition) is 2. The second kappa shape index (κ2) is 4.12. The minimum atomic E-state index is 0. The summed E-state index contributed by atoms with van der Waals surface area (Å²) < 4.78 is 1.64. The van der Waals surface area contributed by atoms with E-state index in [0.29, 0.717) is 5.56 Å². The van der Waals surface area contributed by atoms with Gasteiger partial charge in [-0.3, -0.25) is 5.10 Å². The normalized spacial score (nSPS) is 9.62. The van der Waals surface area contributed by atoms with Gasteiger partial charge in [-0.1, -0.05) is 11.6 Å². The smallest absolute Gasteiger partial charge is 0.0402 e. The summed E-state index contributed by atoms with van der Waals surface area (Å²) in [5.41, 5.74) is 2.43. The van der Waals surface area contributed by atoms with Gasteiger partial charge in [-0.25, -0.2) is 0 Å². The number of aryl methyl sites for hydroxylation is 1. The maximum atomic E-state index is 10.5. The van der Waals surface area contributed by atoms with E-state index in [-0.39, 0.29) is 32.7 Å². The molecule has 2 rings (SSSR count). The molecule has 0 aliphatic carbocycles. The van der Waals surface area contributed by atoms with Crippen molar-refractivity contribution in [3.63, 3.8) is 0 Å². The van der Waals surface area contributed by atoms with Crippen LogP contribution in [0.3, 0.4) is 0 Å². The van der Waals surface area contributed by atoms with Gasteiger partial charge in [-0.15, -0.1) is 5.56 Å². The average molecular weight is 248 g/mol. The number of rotatable bonds is 1. The number of carbonyl (C=O) groups excluding carboxylic acids is 1. The molecule has 4 heteroatoms. The average Bonchev–Trinajstić information content (AvgIpc) is 2.46. The second-order valence-electron chi connectivity index (χ2n) is 2.68. The molecule has 1 radical (unpaired) electrons. The zero-order chi connectivity index (χ0) is 8.55. The number of fused-ring (bicyclic) bond motifs is 1. The van der Waals surface area contributed by atoms with Gasteiger partial charge in [0.15, 0.2) is 0 Å². The topological polar surface area (TPSA) is 34.4 Å². The van der Waals surface area contributed by atoms with Gasteiger partial charge in [0, 0.05) is 45.2 Å². The fourth-order valence-corrected chi connectivity index (χ4v) is 1.14. The van der Waals surface area contributed by atoms with E-state index >= 15 is 0 Å². The second-order valence-corrected chi connectivity index (χ2v) is 2.68. The van der Waals surface area contributed by atoms with Crippen LogP contribution >= 0.6 is 0 Å². The van der Waals surface area contributed by atoms with Gasteiger partial charge in [0.25, 0.3) is 0 Å². The predicted molar refractivity (Wildman–Crippen MR) is 44.2 cm³/mol. The molecular formula is C9H7N2OY-. The van der Waals surface area contributed by atoms with E-state index in [1.165, 1.54) is 0 Å². The molecule has 0 spiro atoms. The molecule has 0 saturated carbocycles. The van der Waals surface area contributed by atoms with E-state index in [0.717, 1.165) is 17.4 Å². The SMILES string of the molecule is Cc1ccn2n[c-]c(C=O)c2c1.[Y]. The summed E-state index contributed by atoms with van der Waals surface area (Å²) >= 11 is 0. The van der Waals surface area contributed by atoms with Crippen molar-refractivity contribution in [2.24, 2.45) is 0 Å². The summed E-state index contributed by atoms with van der Waals surface area (Å²) in [6.45, 7) is 1.97. The van der Waals surface area contributed by atoms with Gasteiger partial charge in [0.2, 0.25) is 0 Å². The molecule has 13 heavy (non-hydrogen) atoms. The van der Waals surface area contributed by atoms with Gasteiger partial charge in [-0.2, -0.15) is 0 Å². The molecule has 0 aromatic carbocycles. The van der Waals surface area contributed by atoms with Gasteiger partial charge < -0.3 is 9.31 Å². The molecule has 2 aromatic heterocycles. The minimum absolute atomic E-state index is 0. The zero-order valence-corrected chi connectivity index (χ0v) is 10.0. The Kier molecular flexibility index (Phi) is 3.34. The monoisotopic (exact) mass is 248 g/mol. The van der Waals surface area contributed by atoms with Crippen LogP contribution in [0.2, 0.25) is 0 Å². The van der Waals surface area contributed by atoms with Crippen LogP contribution in [0, 0.1) is 13.1 Å². The Hall–Kier alpha value is -0.536. The van der Waals surface area contributed by atoms with Gasteiger partial charge >= 0.3 is 0 Å². The Bertz CT molecular complexity index is 436. The van der Waals surface area contributed by atoms with Crippen molar-refractivity contribution in [2.75, 3.05) is 0 Å². The van der Waals surface area contributed by atoms with E-state index in [4.69, 9.17) is 0 Å². The van der Waals surface area contributed by atoms with Crippen molar-refractivity contribution in [2.45, 2.75) is 6.92 Å². The fourth-order valence-electron chi connectivity index (χ4n) is 1.14. The Balaban J connectivity index is 0.000000845. The molecule has 2 aromatic rings. The van der Waals surface area contributed by atoms with Gasteiger partial charge in [0.05, 0.1) is 0 Å². The molecule has 0 bridgehead atoms. The van der Waals surface area contributed by atoms with Crippen molar-refractivity contribution < 1.29 is 37.5 Å². The Morgan fingerprint density at radius 3 is 3.08 bits per heavy atom. The molecule has 3 nitrogen and oxygen atoms in total. The molecular weight excluding hydrogens is 241 g/mol. The van der Waals surface area contributed by atoms with Crippen molar-refractivity contribution in [3.05, 3.63) is 35.7 Å². The number of pyridine rings is 1. The van der Waals surface area contributed by atoms with Crippen LogP contribution in [0.5, 0.6) is 0 Å². The summed E-state index contributed by atoms with van der Waals surface area (Å²) in [4.78, 5) is 10.5. The fraction of sp³-hybridized carbons (Fsp3) is 0.111. The Morgan fingerprint density at radius 1 is 1.62 bits per heavy atom. The van der Waals surface area contributed by atoms with Crippen LogP contribution in [0.25, 0.3) is 5.52 Å². The Morgan fingerprint density at radius 2 is 2.38 bits per heavy atom. The largest absolute Gasteiger partial charge is 0.374 e. The first-order valence-electron chi connectivity index (χ1n) is 3.63. The number of aromatic nitrogens is 2. The van der Waals surface area contributed by atoms with Crippen LogP contribution in [-0.4, -0.2) is 15.9 Å². The van der Waals surface area contributed by atoms with Crippen LogP contribution < -0.4 is 0 Å². The molecule has 0 saturated heterocycles. The maximum absolute atomic E-state index is 10.5. The molecule has 0 N–H and O–H groups in total. The number of aldehydes is 1. The van der Waals surface area contributed by atoms with E-state index in [2.05, 4.69) is 11.3 Å². The zero-order valence-electron chi connectivity index (χ0n) is 7.19. The third-order valence-corrected chi connectivity index (χ3v) is 1.76. The molecule has 2 heterocycles. The van der Waals surface area contributed by atoms with Crippen LogP contribution in [-0.2, 0) is 32.7 Å². The third kappa shape index (κ3) is 1.86. The maximum Gasteiger partial charge on any atom is 0.0402 e. The third-order valence-electron chi connectivity index (χ3n) is 1.76. The first kappa shape index (κ1) is 10.5. The van der Waals surface area contributed by atoms with E-state index in [1.807, 2.05) is 25.3 Å². The minimum Gasteiger partial charge on any atom is -0.374 e. The molecule has 0 amide bonds. The van der Waals surface area contributed by atoms with E-state index < -0.39 is 0 Å². The van der Waals surface area contributed by atoms with Crippen molar-refractivity contribution >= 4 is 11.8 Å². The van der Waals surface area contributed by atoms with E-state index in [9.17, 15) is 4.79 Å². The number of nitrogens with zero attached hydrogens (tertiary/aromatic N) is 2. The van der Waals surface area contributed by atoms with Crippen molar-refractivity contribution in [1.29, 1.82) is 0 Å². The number of hydrogen-bond donors (Lipinski definition) is 0. The summed E-state index contributed by atoms with van der Waals surface area (Å²) in [5, 5.41) is 3.89. The molecule has 0 aliphatic heterocycles. The van der Waals surface area contributed by atoms with Crippen molar-refractivity contribution in [1.82, 2.24) is 9.61 Å². The van der Waals surface area contributed by atoms with Crippen LogP contribution in [0.15, 0.2) is 18.3 Å². The Labute approximate surface area is 101 Å². The quantitative estimate of drug-likeness (QED) is 0.562. The molecule has 0 atom stereocenters. The van der Waals surface area contributed by atoms with Crippen molar-refractivity contribution in [3.8, 4) is 0 Å². The molecule has 0 unspecified atom stereocenters. The summed E-state index contributed by atoms with van der Waals surface area (Å²) in [6.07, 6.45) is 5.21. The molecule has 0 aliphatic rings. The standard InChI is InChI=1S/C9H7N2O.Y/c1-7-2-3-11-9(4-7)8(6-12)5-10-11;/h2-4,6H,1H3;/q-1;. The van der Waals surface area contributed by atoms with Crippen LogP contribution in [0.1, 0.15) is 15.9 Å². The first-order chi connectivity index (χ1) is 5.81. The predicted octanol–water partition coefficient (Wildman–Crippen LogP) is 1.25. The van der Waals surface area contributed by atoms with Crippen LogP contribution in [0.4, 0.5) is 0 Å². The number of carbonyl (C=O) groups is 1. The molecule has 63 valence electrons. The van der Waals surface area contributed by atoms with Gasteiger partial charge in [0.1, 0.15) is 0 Å². The summed E-state index contributed by atoms with van der Waals surface area (Å²) in [6, 6.07) is 3.84. The summed E-state index contributed by atoms with van der Waals surface area (Å²) in [5.74, 6) is 0. The van der Waals surface area contributed by atoms with Gasteiger partial charge in [-0.05, 0) is 24.7 Å². The van der Waals surface area contributed by atoms with E-state index in [1.54, 1.807) is 4.52 Å².